The Labute approximate surface area is 175 Å². The van der Waals surface area contributed by atoms with Gasteiger partial charge in [-0.05, 0) is 64.2 Å². The van der Waals surface area contributed by atoms with Crippen molar-refractivity contribution in [2.24, 2.45) is 5.92 Å². The molecule has 6 heteroatoms. The highest BCUT2D eigenvalue weighted by Crippen LogP contribution is 2.30. The third-order valence-electron chi connectivity index (χ3n) is 6.97. The van der Waals surface area contributed by atoms with Crippen LogP contribution in [0.25, 0.3) is 0 Å². The van der Waals surface area contributed by atoms with Gasteiger partial charge in [-0.25, -0.2) is 4.98 Å². The fourth-order valence-corrected chi connectivity index (χ4v) is 5.26. The number of fused-ring (bicyclic) bond motifs is 1. The molecule has 0 radical (unpaired) electrons. The van der Waals surface area contributed by atoms with Gasteiger partial charge in [0.05, 0.1) is 5.69 Å². The molecule has 0 atom stereocenters. The molecule has 0 aromatic carbocycles. The van der Waals surface area contributed by atoms with Gasteiger partial charge in [0.2, 0.25) is 11.9 Å². The van der Waals surface area contributed by atoms with E-state index in [1.807, 2.05) is 0 Å². The van der Waals surface area contributed by atoms with Crippen LogP contribution in [0.1, 0.15) is 81.9 Å². The number of aryl methyl sites for hydroxylation is 1. The number of hydrogen-bond donors (Lipinski definition) is 2. The average molecular weight is 400 g/mol. The van der Waals surface area contributed by atoms with Crippen molar-refractivity contribution >= 4 is 17.7 Å². The van der Waals surface area contributed by atoms with E-state index >= 15 is 0 Å². The summed E-state index contributed by atoms with van der Waals surface area (Å²) < 4.78 is 0. The van der Waals surface area contributed by atoms with Crippen LogP contribution in [-0.2, 0) is 17.6 Å². The summed E-state index contributed by atoms with van der Waals surface area (Å²) in [6.45, 7) is 0. The summed E-state index contributed by atoms with van der Waals surface area (Å²) in [5.41, 5.74) is 2.56. The predicted octanol–water partition coefficient (Wildman–Crippen LogP) is 3.84. The lowest BCUT2D eigenvalue weighted by atomic mass is 9.87. The van der Waals surface area contributed by atoms with Crippen LogP contribution in [0, 0.1) is 5.92 Å². The number of nitrogens with one attached hydrogen (secondary N) is 2. The van der Waals surface area contributed by atoms with Crippen molar-refractivity contribution in [2.75, 3.05) is 24.3 Å². The Balaban J connectivity index is 1.31. The molecule has 0 bridgehead atoms. The zero-order valence-electron chi connectivity index (χ0n) is 18.2. The van der Waals surface area contributed by atoms with Crippen LogP contribution in [0.3, 0.4) is 0 Å². The molecule has 1 amide bonds. The molecule has 1 aromatic rings. The molecule has 4 rings (SSSR count). The molecule has 2 fully saturated rings. The summed E-state index contributed by atoms with van der Waals surface area (Å²) in [5.74, 6) is 2.41. The third-order valence-corrected chi connectivity index (χ3v) is 6.97. The molecule has 0 spiro atoms. The summed E-state index contributed by atoms with van der Waals surface area (Å²) in [4.78, 5) is 24.3. The molecule has 160 valence electrons. The summed E-state index contributed by atoms with van der Waals surface area (Å²) in [6.07, 6.45) is 14.7. The van der Waals surface area contributed by atoms with Crippen molar-refractivity contribution in [1.82, 2.24) is 15.3 Å². The smallest absolute Gasteiger partial charge is 0.225 e. The fraction of sp³-hybridized carbons (Fsp3) is 0.783. The highest BCUT2D eigenvalue weighted by atomic mass is 16.1. The van der Waals surface area contributed by atoms with Crippen molar-refractivity contribution in [3.05, 3.63) is 11.3 Å². The predicted molar refractivity (Wildman–Crippen MR) is 117 cm³/mol. The van der Waals surface area contributed by atoms with Crippen molar-refractivity contribution in [2.45, 2.75) is 95.6 Å². The first-order valence-corrected chi connectivity index (χ1v) is 11.7. The first kappa shape index (κ1) is 20.4. The quantitative estimate of drug-likeness (QED) is 0.787. The molecule has 3 aliphatic carbocycles. The van der Waals surface area contributed by atoms with Crippen LogP contribution < -0.4 is 15.5 Å². The molecule has 6 nitrogen and oxygen atoms in total. The summed E-state index contributed by atoms with van der Waals surface area (Å²) >= 11 is 0. The molecule has 0 saturated heterocycles. The lowest BCUT2D eigenvalue weighted by Crippen LogP contribution is -2.43. The monoisotopic (exact) mass is 399 g/mol. The van der Waals surface area contributed by atoms with Gasteiger partial charge in [-0.1, -0.05) is 19.3 Å². The molecular formula is C23H37N5O. The first-order valence-electron chi connectivity index (χ1n) is 11.7. The molecular weight excluding hydrogens is 362 g/mol. The van der Waals surface area contributed by atoms with E-state index in [2.05, 4.69) is 29.6 Å². The Kier molecular flexibility index (Phi) is 6.56. The Hall–Kier alpha value is -1.85. The van der Waals surface area contributed by atoms with Gasteiger partial charge in [0.1, 0.15) is 5.82 Å². The van der Waals surface area contributed by atoms with Gasteiger partial charge in [-0.3, -0.25) is 4.79 Å². The molecule has 2 saturated carbocycles. The number of carbonyl (C=O) groups is 1. The van der Waals surface area contributed by atoms with Crippen LogP contribution in [0.4, 0.5) is 11.8 Å². The Morgan fingerprint density at radius 1 is 0.862 bits per heavy atom. The highest BCUT2D eigenvalue weighted by Gasteiger charge is 2.27. The lowest BCUT2D eigenvalue weighted by molar-refractivity contribution is -0.126. The van der Waals surface area contributed by atoms with Gasteiger partial charge < -0.3 is 15.5 Å². The van der Waals surface area contributed by atoms with E-state index in [-0.39, 0.29) is 5.92 Å². The maximum Gasteiger partial charge on any atom is 0.225 e. The number of amides is 1. The highest BCUT2D eigenvalue weighted by molar-refractivity contribution is 5.79. The van der Waals surface area contributed by atoms with Gasteiger partial charge in [-0.15, -0.1) is 0 Å². The average Bonchev–Trinajstić information content (AvgIpc) is 2.75. The van der Waals surface area contributed by atoms with Crippen molar-refractivity contribution in [3.63, 3.8) is 0 Å². The SMILES string of the molecule is CN(C)c1nc(NC2CCC(NC(=O)C3CCCCC3)CC2)nc2c1CCCC2. The van der Waals surface area contributed by atoms with E-state index in [1.54, 1.807) is 0 Å². The normalized spacial score (nSPS) is 25.2. The number of anilines is 2. The van der Waals surface area contributed by atoms with E-state index in [0.717, 1.165) is 63.1 Å². The third kappa shape index (κ3) is 5.01. The Morgan fingerprint density at radius 2 is 1.55 bits per heavy atom. The molecule has 3 aliphatic rings. The van der Waals surface area contributed by atoms with Crippen molar-refractivity contribution in [1.29, 1.82) is 0 Å². The van der Waals surface area contributed by atoms with Crippen molar-refractivity contribution in [3.8, 4) is 0 Å². The van der Waals surface area contributed by atoms with Crippen LogP contribution in [0.5, 0.6) is 0 Å². The lowest BCUT2D eigenvalue weighted by Gasteiger charge is -2.32. The second kappa shape index (κ2) is 9.31. The van der Waals surface area contributed by atoms with E-state index in [9.17, 15) is 4.79 Å². The summed E-state index contributed by atoms with van der Waals surface area (Å²) in [7, 11) is 4.14. The van der Waals surface area contributed by atoms with Crippen LogP contribution >= 0.6 is 0 Å². The van der Waals surface area contributed by atoms with Gasteiger partial charge in [0, 0.05) is 37.7 Å². The standard InChI is InChI=1S/C23H37N5O/c1-28(2)21-19-10-6-7-11-20(19)26-23(27-21)25-18-14-12-17(13-15-18)24-22(29)16-8-4-3-5-9-16/h16-18H,3-15H2,1-2H3,(H,24,29)(H,25,26,27). The molecule has 0 aliphatic heterocycles. The minimum absolute atomic E-state index is 0.257. The zero-order chi connectivity index (χ0) is 20.2. The van der Waals surface area contributed by atoms with Crippen LogP contribution in [-0.4, -0.2) is 42.1 Å². The largest absolute Gasteiger partial charge is 0.362 e. The van der Waals surface area contributed by atoms with E-state index in [1.165, 1.54) is 43.4 Å². The second-order valence-corrected chi connectivity index (χ2v) is 9.43. The fourth-order valence-electron chi connectivity index (χ4n) is 5.26. The van der Waals surface area contributed by atoms with Gasteiger partial charge in [0.15, 0.2) is 0 Å². The minimum atomic E-state index is 0.257. The maximum absolute atomic E-state index is 12.5. The topological polar surface area (TPSA) is 70.2 Å². The van der Waals surface area contributed by atoms with E-state index < -0.39 is 0 Å². The number of aromatic nitrogens is 2. The van der Waals surface area contributed by atoms with Crippen LogP contribution in [0.2, 0.25) is 0 Å². The van der Waals surface area contributed by atoms with Gasteiger partial charge in [0.25, 0.3) is 0 Å². The van der Waals surface area contributed by atoms with Crippen LogP contribution in [0.15, 0.2) is 0 Å². The summed E-state index contributed by atoms with van der Waals surface area (Å²) in [6, 6.07) is 0.735. The van der Waals surface area contributed by atoms with E-state index in [0.29, 0.717) is 18.0 Å². The van der Waals surface area contributed by atoms with Crippen molar-refractivity contribution < 1.29 is 4.79 Å². The molecule has 2 N–H and O–H groups in total. The molecule has 29 heavy (non-hydrogen) atoms. The maximum atomic E-state index is 12.5. The summed E-state index contributed by atoms with van der Waals surface area (Å²) in [5, 5.41) is 6.94. The molecule has 1 aromatic heterocycles. The van der Waals surface area contributed by atoms with Gasteiger partial charge >= 0.3 is 0 Å². The number of hydrogen-bond acceptors (Lipinski definition) is 5. The Bertz CT molecular complexity index is 705. The van der Waals surface area contributed by atoms with Gasteiger partial charge in [-0.2, -0.15) is 4.98 Å². The Morgan fingerprint density at radius 3 is 2.28 bits per heavy atom. The second-order valence-electron chi connectivity index (χ2n) is 9.43. The molecule has 1 heterocycles. The first-order chi connectivity index (χ1) is 14.1. The zero-order valence-corrected chi connectivity index (χ0v) is 18.2. The number of nitrogens with zero attached hydrogens (tertiary/aromatic N) is 3. The number of rotatable bonds is 5. The minimum Gasteiger partial charge on any atom is -0.362 e. The number of carbonyl (C=O) groups excluding carboxylic acids is 1. The van der Waals surface area contributed by atoms with E-state index in [4.69, 9.17) is 9.97 Å². The molecule has 0 unspecified atom stereocenters.